The molecule has 113 heavy (non-hydrogen) atoms. The molecule has 0 unspecified atom stereocenters. The summed E-state index contributed by atoms with van der Waals surface area (Å²) in [6.07, 6.45) is -12.1. The Kier molecular flexibility index (Phi) is 25.2. The number of carbonyl (C=O) groups is 12. The highest BCUT2D eigenvalue weighted by atomic mass is 16.6. The van der Waals surface area contributed by atoms with Crippen LogP contribution in [0.2, 0.25) is 0 Å². The molecule has 9 aliphatic heterocycles. The van der Waals surface area contributed by atoms with Crippen molar-refractivity contribution in [3.63, 3.8) is 0 Å². The average molecular weight is 1580 g/mol. The molecule has 10 amide bonds. The highest BCUT2D eigenvalue weighted by Gasteiger charge is 2.74. The van der Waals surface area contributed by atoms with E-state index in [0.717, 1.165) is 19.8 Å². The Balaban J connectivity index is 0.949. The summed E-state index contributed by atoms with van der Waals surface area (Å²) in [5.74, 6) is -17.8. The highest BCUT2D eigenvalue weighted by molar-refractivity contribution is 6.01. The van der Waals surface area contributed by atoms with Crippen LogP contribution in [-0.2, 0) is 78.2 Å². The van der Waals surface area contributed by atoms with Gasteiger partial charge in [-0.05, 0) is 103 Å². The molecule has 2 bridgehead atoms. The number of nitrogens with one attached hydrogen (secondary N) is 11. The Morgan fingerprint density at radius 1 is 0.522 bits per heavy atom. The molecule has 41 heteroatoms. The molecule has 0 aliphatic carbocycles. The van der Waals surface area contributed by atoms with Gasteiger partial charge in [-0.2, -0.15) is 0 Å². The molecule has 0 aromatic heterocycles. The second-order valence-electron chi connectivity index (χ2n) is 31.9. The summed E-state index contributed by atoms with van der Waals surface area (Å²) in [6.45, 7) is 13.4. The van der Waals surface area contributed by atoms with Crippen molar-refractivity contribution in [3.05, 3.63) is 68.4 Å². The second kappa shape index (κ2) is 33.9. The lowest BCUT2D eigenvalue weighted by molar-refractivity contribution is -0.174. The predicted molar refractivity (Wildman–Crippen MR) is 394 cm³/mol. The van der Waals surface area contributed by atoms with Gasteiger partial charge in [0.1, 0.15) is 78.4 Å². The van der Waals surface area contributed by atoms with Crippen molar-refractivity contribution in [2.75, 3.05) is 36.8 Å². The number of β-amino-alcohol motifs (C(OH)–C–C–N with tert-alkyl or cyclic N) is 2. The number of cyclic esters (lactones) is 2. The fraction of sp³-hybridized carbons (Fsp3) is 0.667. The largest absolute Gasteiger partial charge is 0.450 e. The maximum Gasteiger partial charge on any atom is 0.329 e. The molecule has 0 radical (unpaired) electrons. The number of aliphatic hydroxyl groups is 6. The van der Waals surface area contributed by atoms with Gasteiger partial charge in [-0.25, -0.2) is 25.8 Å². The summed E-state index contributed by atoms with van der Waals surface area (Å²) < 4.78 is 11.9. The van der Waals surface area contributed by atoms with E-state index in [1.165, 1.54) is 25.1 Å². The van der Waals surface area contributed by atoms with Crippen molar-refractivity contribution in [1.29, 1.82) is 0 Å². The van der Waals surface area contributed by atoms with Crippen LogP contribution in [0.5, 0.6) is 0 Å². The van der Waals surface area contributed by atoms with Gasteiger partial charge in [0.25, 0.3) is 17.7 Å². The Labute approximate surface area is 649 Å². The third kappa shape index (κ3) is 16.3. The summed E-state index contributed by atoms with van der Waals surface area (Å²) in [5, 5.41) is 107. The third-order valence-corrected chi connectivity index (χ3v) is 22.6. The summed E-state index contributed by atoms with van der Waals surface area (Å²) in [6, 6.07) is -7.36. The van der Waals surface area contributed by atoms with Gasteiger partial charge in [-0.15, -0.1) is 0 Å². The normalized spacial score (nSPS) is 33.4. The minimum absolute atomic E-state index is 0.00700. The van der Waals surface area contributed by atoms with Crippen LogP contribution in [0.4, 0.5) is 11.4 Å². The number of rotatable bonds is 17. The number of esters is 2. The first-order chi connectivity index (χ1) is 53.5. The van der Waals surface area contributed by atoms with Gasteiger partial charge in [0.05, 0.1) is 18.3 Å². The van der Waals surface area contributed by atoms with Crippen molar-refractivity contribution in [3.8, 4) is 11.1 Å². The van der Waals surface area contributed by atoms with Gasteiger partial charge in [0, 0.05) is 84.2 Å². The van der Waals surface area contributed by atoms with Gasteiger partial charge in [-0.1, -0.05) is 97.0 Å². The van der Waals surface area contributed by atoms with Crippen LogP contribution in [-0.4, -0.2) is 257 Å². The molecule has 2 aromatic carbocycles. The topological polar surface area (TPSA) is 587 Å². The number of hydrogen-bond acceptors (Lipinski definition) is 27. The van der Waals surface area contributed by atoms with E-state index in [9.17, 15) is 69.0 Å². The van der Waals surface area contributed by atoms with E-state index in [1.807, 2.05) is 0 Å². The fourth-order valence-corrected chi connectivity index (χ4v) is 16.5. The zero-order valence-corrected chi connectivity index (χ0v) is 64.1. The number of benzene rings is 2. The monoisotopic (exact) mass is 1580 g/mol. The number of carbonyl (C=O) groups excluding carboxylic acids is 12. The number of hydrazine groups is 2. The Bertz CT molecular complexity index is 4180. The van der Waals surface area contributed by atoms with Crippen molar-refractivity contribution >= 4 is 82.4 Å². The Hall–Kier alpha value is -10.1. The van der Waals surface area contributed by atoms with Gasteiger partial charge in [-0.3, -0.25) is 62.9 Å². The lowest BCUT2D eigenvalue weighted by Gasteiger charge is -2.50. The minimum Gasteiger partial charge on any atom is -0.450 e. The van der Waals surface area contributed by atoms with Crippen LogP contribution in [0.15, 0.2) is 46.6 Å². The van der Waals surface area contributed by atoms with Crippen LogP contribution >= 0.6 is 0 Å². The number of fused-ring (bicyclic) bond motifs is 10. The SMILES string of the molecule is CC(C)[C@@H]1OC(=O)[C@@H](C(C)C)NC(=O)[C@@H]2C[C@@]3(O)c4cc(-c5ccc6c(c5)[C@]5(O)C[C@H]7C(=O)N[C@H](C(C)C)C(=O)O[C@@H](C(C)C)C(=O)N8NC[C@H](O)C[C@@H]8C(=O)N[C@@H](CCCCN=[N+]=[N-])C(=O)N[C@H]8C(=O)N7[C@@]5(N6)N[C@@H]8O)ccc4N[C@H]3N2C(=O)[C@@H]([C@H](C)O)NC(=O)[C@H](CCCCCN=[N+]=[N-])NC(=O)[C@H]2C[C@@H](O)CNN2C1=O. The molecule has 9 aliphatic rings. The number of unbranched alkanes of at least 4 members (excludes halogenated alkanes) is 3. The molecule has 1 spiro atoms. The molecule has 7 saturated heterocycles. The van der Waals surface area contributed by atoms with E-state index in [0.29, 0.717) is 24.0 Å². The molecule has 7 fully saturated rings. The third-order valence-electron chi connectivity index (χ3n) is 22.6. The van der Waals surface area contributed by atoms with E-state index in [4.69, 9.17) is 20.5 Å². The van der Waals surface area contributed by atoms with E-state index in [-0.39, 0.29) is 93.6 Å². The summed E-state index contributed by atoms with van der Waals surface area (Å²) in [5.41, 5.74) is 19.6. The maximum absolute atomic E-state index is 15.7. The first-order valence-electron chi connectivity index (χ1n) is 38.3. The number of aliphatic hydroxyl groups excluding tert-OH is 4. The predicted octanol–water partition coefficient (Wildman–Crippen LogP) is -2.27. The quantitative estimate of drug-likeness (QED) is 0.0261. The molecule has 0 saturated carbocycles. The number of nitrogens with zero attached hydrogens (tertiary/aromatic N) is 10. The number of azide groups is 2. The summed E-state index contributed by atoms with van der Waals surface area (Å²) in [4.78, 5) is 186. The molecular weight excluding hydrogens is 1480 g/mol. The lowest BCUT2D eigenvalue weighted by Crippen LogP contribution is -2.81. The second-order valence-corrected chi connectivity index (χ2v) is 31.9. The molecule has 41 nitrogen and oxygen atoms in total. The zero-order valence-electron chi connectivity index (χ0n) is 64.1. The smallest absolute Gasteiger partial charge is 0.329 e. The summed E-state index contributed by atoms with van der Waals surface area (Å²) in [7, 11) is 0. The van der Waals surface area contributed by atoms with Crippen LogP contribution in [0, 0.1) is 23.7 Å². The number of ether oxygens (including phenoxy) is 2. The van der Waals surface area contributed by atoms with Crippen molar-refractivity contribution in [2.45, 2.75) is 253 Å². The number of anilines is 2. The van der Waals surface area contributed by atoms with Gasteiger partial charge < -0.3 is 87.5 Å². The Morgan fingerprint density at radius 3 is 1.50 bits per heavy atom. The van der Waals surface area contributed by atoms with E-state index in [2.05, 4.69) is 78.8 Å². The molecule has 11 rings (SSSR count). The van der Waals surface area contributed by atoms with Crippen molar-refractivity contribution in [1.82, 2.24) is 67.9 Å². The number of amides is 10. The van der Waals surface area contributed by atoms with Crippen molar-refractivity contribution in [2.24, 2.45) is 33.9 Å². The lowest BCUT2D eigenvalue weighted by atomic mass is 9.85. The first-order valence-corrected chi connectivity index (χ1v) is 38.3. The summed E-state index contributed by atoms with van der Waals surface area (Å²) >= 11 is 0. The van der Waals surface area contributed by atoms with Crippen LogP contribution in [0.1, 0.15) is 144 Å². The van der Waals surface area contributed by atoms with E-state index >= 15 is 19.2 Å². The molecule has 20 atom stereocenters. The fourth-order valence-electron chi connectivity index (χ4n) is 16.5. The van der Waals surface area contributed by atoms with Gasteiger partial charge in [0.2, 0.25) is 47.1 Å². The minimum atomic E-state index is -2.46. The van der Waals surface area contributed by atoms with Crippen LogP contribution in [0.3, 0.4) is 0 Å². The van der Waals surface area contributed by atoms with E-state index in [1.54, 1.807) is 73.6 Å². The highest BCUT2D eigenvalue weighted by Crippen LogP contribution is 2.58. The molecule has 2 aromatic rings. The average Bonchev–Trinajstić information content (AvgIpc) is 1.50. The standard InChI is InChI=1S/C72H101N21O20/c1-31(2)50-67(108)112-54(33(5)6)65(106)92-46(25-38(95)29-77-92)58(99)79-44(15-11-10-13-21-75-88-73)56(97)84-52(35(9)94)63(104)90-48(60(101)82-50)27-70(110)40-23-36(17-19-42(40)81-69(70)90)37-18-20-43-41(24-37)71(111)28-49-61(102)83-51(32(3)4)68(109)113-55(34(7)8)66(107)93-47(26-39(96)30-78-93)59(100)80-45(16-12-14-22-76-89-74)57(98)85-53-62(103)87-72(71,86-43)91(49)64(53)105/h17-20,23-24,31-35,38-39,44-55,62,69,77-78,81,86-87,94-96,103,110-111H,10-16,21-22,25-30H2,1-9H3,(H,79,99)(H,80,100)(H,82,101)(H,83,102)(H,84,97)(H,85,98)/t35-,38+,39+,44-,45-,46+,47+,48-,49-,50+,51+,52+,53+,54-,55-,62+,69-,70+,71+,72-/m0/s1. The number of hydrogen-bond donors (Lipinski definition) is 17. The molecular formula is C72H101N21O20. The molecule has 17 N–H and O–H groups in total. The Morgan fingerprint density at radius 2 is 0.991 bits per heavy atom. The van der Waals surface area contributed by atoms with E-state index < -0.39 is 228 Å². The zero-order chi connectivity index (χ0) is 82.2. The van der Waals surface area contributed by atoms with Gasteiger partial charge in [0.15, 0.2) is 17.8 Å². The van der Waals surface area contributed by atoms with Crippen LogP contribution in [0.25, 0.3) is 32.0 Å². The maximum atomic E-state index is 15.7. The molecule has 614 valence electrons. The van der Waals surface area contributed by atoms with Crippen LogP contribution < -0.4 is 58.7 Å². The van der Waals surface area contributed by atoms with Gasteiger partial charge >= 0.3 is 11.9 Å². The van der Waals surface area contributed by atoms with Crippen molar-refractivity contribution < 1.29 is 97.6 Å². The molecule has 9 heterocycles. The first kappa shape index (κ1) is 83.9.